The Morgan fingerprint density at radius 2 is 1.08 bits per heavy atom. The van der Waals surface area contributed by atoms with E-state index < -0.39 is 29.8 Å². The van der Waals surface area contributed by atoms with Gasteiger partial charge in [0.05, 0.1) is 37.7 Å². The number of pyridine rings is 2. The van der Waals surface area contributed by atoms with Gasteiger partial charge in [-0.3, -0.25) is 29.4 Å². The van der Waals surface area contributed by atoms with Crippen LogP contribution in [0, 0.1) is 22.5 Å². The number of rotatable bonds is 8. The number of methoxy groups -OCH3 is 2. The van der Waals surface area contributed by atoms with Crippen LogP contribution in [0.2, 0.25) is 0 Å². The summed E-state index contributed by atoms with van der Waals surface area (Å²) in [6, 6.07) is 34.6. The third-order valence-electron chi connectivity index (χ3n) is 16.7. The highest BCUT2D eigenvalue weighted by atomic mass is 79.9. The van der Waals surface area contributed by atoms with Crippen LogP contribution in [-0.4, -0.2) is 87.1 Å². The van der Waals surface area contributed by atoms with Gasteiger partial charge in [-0.2, -0.15) is 0 Å². The molecule has 0 bridgehead atoms. The molecule has 0 radical (unpaired) electrons. The maximum absolute atomic E-state index is 14.5. The molecule has 2 atom stereocenters. The average molecular weight is 1110 g/mol. The van der Waals surface area contributed by atoms with Gasteiger partial charge in [-0.05, 0) is 133 Å². The van der Waals surface area contributed by atoms with Crippen molar-refractivity contribution in [1.82, 2.24) is 19.8 Å². The number of ether oxygens (including phenoxy) is 2. The highest BCUT2D eigenvalue weighted by Gasteiger charge is 2.68. The van der Waals surface area contributed by atoms with E-state index in [2.05, 4.69) is 50.2 Å². The van der Waals surface area contributed by atoms with Gasteiger partial charge in [-0.15, -0.1) is 0 Å². The smallest absolute Gasteiger partial charge is 0.423 e. The summed E-state index contributed by atoms with van der Waals surface area (Å²) in [5, 5.41) is 17.0. The van der Waals surface area contributed by atoms with Crippen LogP contribution in [0.15, 0.2) is 148 Å². The second-order valence-corrected chi connectivity index (χ2v) is 21.7. The fourth-order valence-corrected chi connectivity index (χ4v) is 13.2. The highest BCUT2D eigenvalue weighted by Crippen LogP contribution is 2.64. The van der Waals surface area contributed by atoms with Crippen molar-refractivity contribution in [2.45, 2.75) is 108 Å². The number of aliphatic imine (C=N–C) groups is 2. The van der Waals surface area contributed by atoms with Crippen molar-refractivity contribution in [2.24, 2.45) is 32.3 Å². The van der Waals surface area contributed by atoms with Gasteiger partial charge >= 0.3 is 7.12 Å². The molecule has 400 valence electrons. The first-order valence-corrected chi connectivity index (χ1v) is 26.4. The van der Waals surface area contributed by atoms with Gasteiger partial charge in [0.1, 0.15) is 11.6 Å². The Kier molecular flexibility index (Phi) is 16.0. The predicted octanol–water partition coefficient (Wildman–Crippen LogP) is 8.24. The first-order chi connectivity index (χ1) is 36.6. The number of hydrogen-bond donors (Lipinski definition) is 4. The lowest BCUT2D eigenvalue weighted by Gasteiger charge is -2.45. The number of fused-ring (bicyclic) bond motifs is 6. The Bertz CT molecular complexity index is 3190. The van der Waals surface area contributed by atoms with Crippen molar-refractivity contribution < 1.29 is 37.9 Å². The number of aromatic nitrogens is 2. The largest absolute Gasteiger partial charge is 0.490 e. The van der Waals surface area contributed by atoms with Crippen molar-refractivity contribution in [3.05, 3.63) is 183 Å². The van der Waals surface area contributed by atoms with E-state index in [1.165, 1.54) is 24.0 Å². The molecule has 4 heterocycles. The van der Waals surface area contributed by atoms with E-state index in [0.717, 1.165) is 114 Å². The fraction of sp³-hybridized carbons (Fsp3) is 0.356. The van der Waals surface area contributed by atoms with E-state index in [9.17, 15) is 18.4 Å². The number of benzene rings is 4. The minimum atomic E-state index is -1.65. The van der Waals surface area contributed by atoms with E-state index in [4.69, 9.17) is 41.0 Å². The molecule has 12 rings (SSSR count). The minimum absolute atomic E-state index is 0. The lowest BCUT2D eigenvalue weighted by Crippen LogP contribution is -2.52. The minimum Gasteiger partial charge on any atom is -0.423 e. The number of halogens is 3. The molecule has 4 aliphatic carbocycles. The molecule has 18 heteroatoms. The quantitative estimate of drug-likeness (QED) is 0.108. The molecule has 2 aliphatic heterocycles. The molecule has 6 aliphatic rings. The molecule has 2 unspecified atom stereocenters. The molecule has 14 nitrogen and oxygen atoms in total. The van der Waals surface area contributed by atoms with Gasteiger partial charge in [0, 0.05) is 52.9 Å². The second-order valence-electron chi connectivity index (χ2n) is 20.8. The Morgan fingerprint density at radius 3 is 1.52 bits per heavy atom. The first-order valence-electron chi connectivity index (χ1n) is 25.6. The molecule has 4 aromatic carbocycles. The highest BCUT2D eigenvalue weighted by molar-refractivity contribution is 9.10. The summed E-state index contributed by atoms with van der Waals surface area (Å²) in [5.74, 6) is -0.465. The molecule has 2 amide bonds. The number of carbonyl (C=O) groups excluding carboxylic acids is 2. The SMILES string of the molecule is C.COC1CCC2(CC1)Cc1ccc(-c3cncc(F)c3)cc1C21N=C(N)N(Cc2ccccc2)C1=O.COC1CCC2(CC1)Cc1ccc(Br)cc1C21N=C(N)N(Cc2ccccc2)C1=O.OB(O)c1cncc(F)c1. The Balaban J connectivity index is 0.000000159. The number of hydrogen-bond acceptors (Lipinski definition) is 12. The van der Waals surface area contributed by atoms with Gasteiger partial charge < -0.3 is 31.0 Å². The standard InChI is InChI=1S/C29H29FN4O2.C24H26BrN3O2.C5H5BFNO2.CH4/c1-36-24-9-11-28(12-10-24)15-21-8-7-20(22-13-23(30)17-32-16-22)14-25(21)29(28)26(35)34(27(31)33-29)18-19-5-3-2-4-6-19;1-30-19-9-11-23(12-10-19)14-17-7-8-18(25)13-20(17)24(23)21(29)28(22(26)27-24)15-16-5-3-2-4-6-16;7-5-1-4(6(9)10)2-8-3-5;/h2-8,13-14,16-17,24H,9-12,15,18H2,1H3,(H2,31,33);2-8,13,19H,9-12,14-15H2,1H3,(H2,26,27);1-3,9-10H;1H4. The van der Waals surface area contributed by atoms with Crippen molar-refractivity contribution >= 4 is 52.2 Å². The van der Waals surface area contributed by atoms with Crippen molar-refractivity contribution in [1.29, 1.82) is 0 Å². The number of guanidine groups is 2. The Labute approximate surface area is 456 Å². The zero-order chi connectivity index (χ0) is 53.4. The van der Waals surface area contributed by atoms with Gasteiger partial charge in [-0.1, -0.05) is 102 Å². The lowest BCUT2D eigenvalue weighted by atomic mass is 9.61. The number of nitrogens with two attached hydrogens (primary N) is 2. The molecule has 77 heavy (non-hydrogen) atoms. The van der Waals surface area contributed by atoms with E-state index in [1.54, 1.807) is 30.2 Å². The molecule has 2 saturated carbocycles. The molecule has 2 aromatic heterocycles. The summed E-state index contributed by atoms with van der Waals surface area (Å²) in [6.45, 7) is 0.813. The van der Waals surface area contributed by atoms with Gasteiger partial charge in [0.15, 0.2) is 23.0 Å². The van der Waals surface area contributed by atoms with E-state index in [1.807, 2.05) is 72.8 Å². The van der Waals surface area contributed by atoms with Crippen LogP contribution in [0.4, 0.5) is 8.78 Å². The first kappa shape index (κ1) is 55.1. The van der Waals surface area contributed by atoms with Crippen LogP contribution in [0.3, 0.4) is 0 Å². The second kappa shape index (κ2) is 22.3. The third-order valence-corrected chi connectivity index (χ3v) is 17.1. The average Bonchev–Trinajstić information content (AvgIpc) is 4.26. The summed E-state index contributed by atoms with van der Waals surface area (Å²) in [4.78, 5) is 49.4. The van der Waals surface area contributed by atoms with Crippen LogP contribution in [0.25, 0.3) is 11.1 Å². The molecule has 4 spiro atoms. The zero-order valence-electron chi connectivity index (χ0n) is 42.4. The normalized spacial score (nSPS) is 25.6. The van der Waals surface area contributed by atoms with Crippen molar-refractivity contribution in [3.8, 4) is 11.1 Å². The molecule has 2 fully saturated rings. The third kappa shape index (κ3) is 9.99. The van der Waals surface area contributed by atoms with Gasteiger partial charge in [0.25, 0.3) is 11.8 Å². The summed E-state index contributed by atoms with van der Waals surface area (Å²) in [5.41, 5.74) is 18.0. The molecule has 6 aromatic rings. The topological polar surface area (TPSA) is 202 Å². The molecular weight excluding hydrogens is 1050 g/mol. The van der Waals surface area contributed by atoms with Crippen molar-refractivity contribution in [3.63, 3.8) is 0 Å². The predicted molar refractivity (Wildman–Crippen MR) is 296 cm³/mol. The van der Waals surface area contributed by atoms with Crippen LogP contribution < -0.4 is 16.9 Å². The summed E-state index contributed by atoms with van der Waals surface area (Å²) in [7, 11) is 1.87. The zero-order valence-corrected chi connectivity index (χ0v) is 44.0. The van der Waals surface area contributed by atoms with Crippen LogP contribution in [0.1, 0.15) is 92.2 Å². The van der Waals surface area contributed by atoms with Crippen LogP contribution in [-0.2, 0) is 56.1 Å². The number of carbonyl (C=O) groups is 2. The maximum atomic E-state index is 14.5. The molecule has 0 saturated heterocycles. The Morgan fingerprint density at radius 1 is 0.623 bits per heavy atom. The van der Waals surface area contributed by atoms with Gasteiger partial charge in [-0.25, -0.2) is 18.8 Å². The summed E-state index contributed by atoms with van der Waals surface area (Å²) in [6.07, 6.45) is 14.1. The van der Waals surface area contributed by atoms with E-state index in [-0.39, 0.29) is 53.7 Å². The number of nitrogens with zero attached hydrogens (tertiary/aromatic N) is 6. The molecular formula is C59H64BBrF2N8O6. The number of amides is 2. The Hall–Kier alpha value is -6.70. The lowest BCUT2D eigenvalue weighted by molar-refractivity contribution is -0.139. The van der Waals surface area contributed by atoms with Gasteiger partial charge in [0.2, 0.25) is 0 Å². The molecule has 6 N–H and O–H groups in total. The van der Waals surface area contributed by atoms with Crippen molar-refractivity contribution in [2.75, 3.05) is 14.2 Å². The van der Waals surface area contributed by atoms with Crippen LogP contribution in [0.5, 0.6) is 0 Å². The van der Waals surface area contributed by atoms with E-state index >= 15 is 0 Å². The summed E-state index contributed by atoms with van der Waals surface area (Å²) >= 11 is 3.61. The summed E-state index contributed by atoms with van der Waals surface area (Å²) < 4.78 is 38.5. The maximum Gasteiger partial charge on any atom is 0.490 e. The van der Waals surface area contributed by atoms with Crippen LogP contribution >= 0.6 is 15.9 Å². The fourth-order valence-electron chi connectivity index (χ4n) is 12.9. The monoisotopic (exact) mass is 1110 g/mol. The van der Waals surface area contributed by atoms with E-state index in [0.29, 0.717) is 24.6 Å².